The van der Waals surface area contributed by atoms with Crippen LogP contribution in [0.5, 0.6) is 5.75 Å². The zero-order valence-corrected chi connectivity index (χ0v) is 15.9. The molecule has 1 fully saturated rings. The highest BCUT2D eigenvalue weighted by atomic mass is 32.1. The number of hydrogen-bond acceptors (Lipinski definition) is 5. The van der Waals surface area contributed by atoms with E-state index in [1.807, 2.05) is 17.5 Å². The van der Waals surface area contributed by atoms with Gasteiger partial charge in [0.05, 0.1) is 12.8 Å². The van der Waals surface area contributed by atoms with E-state index in [0.717, 1.165) is 35.2 Å². The third kappa shape index (κ3) is 4.12. The Morgan fingerprint density at radius 3 is 2.80 bits per heavy atom. The van der Waals surface area contributed by atoms with Gasteiger partial charge in [0.1, 0.15) is 5.75 Å². The number of anilines is 1. The Hall–Kier alpha value is -2.08. The fraction of sp³-hybridized carbons (Fsp3) is 0.474. The Kier molecular flexibility index (Phi) is 5.58. The van der Waals surface area contributed by atoms with Crippen molar-refractivity contribution in [2.24, 2.45) is 5.92 Å². The summed E-state index contributed by atoms with van der Waals surface area (Å²) in [6, 6.07) is 5.51. The molecule has 3 rings (SSSR count). The number of carbonyl (C=O) groups is 1. The van der Waals surface area contributed by atoms with Gasteiger partial charge < -0.3 is 15.0 Å². The summed E-state index contributed by atoms with van der Waals surface area (Å²) in [5.41, 5.74) is 2.36. The van der Waals surface area contributed by atoms with Crippen molar-refractivity contribution in [2.75, 3.05) is 31.6 Å². The van der Waals surface area contributed by atoms with Crippen molar-refractivity contribution in [3.8, 4) is 17.0 Å². The Morgan fingerprint density at radius 1 is 1.36 bits per heavy atom. The minimum Gasteiger partial charge on any atom is -0.496 e. The zero-order valence-electron chi connectivity index (χ0n) is 15.0. The molecule has 0 radical (unpaired) electrons. The second kappa shape index (κ2) is 7.87. The average molecular weight is 359 g/mol. The van der Waals surface area contributed by atoms with E-state index in [1.54, 1.807) is 24.5 Å². The highest BCUT2D eigenvalue weighted by Gasteiger charge is 2.18. The predicted octanol–water partition coefficient (Wildman–Crippen LogP) is 3.80. The molecule has 0 bridgehead atoms. The second-order valence-electron chi connectivity index (χ2n) is 6.73. The van der Waals surface area contributed by atoms with E-state index in [9.17, 15) is 4.79 Å². The summed E-state index contributed by atoms with van der Waals surface area (Å²) in [5, 5.41) is 6.05. The lowest BCUT2D eigenvalue weighted by atomic mass is 10.1. The number of hydrogen-bond donors (Lipinski definition) is 1. The molecular weight excluding hydrogens is 334 g/mol. The standard InChI is InChI=1S/C19H25N3O2S/c1-13(2)11-20-18(23)14-6-7-17(24-3)15(10-14)16-12-25-19(21-16)22-8-4-5-9-22/h6-7,10,12-13H,4-5,8-9,11H2,1-3H3,(H,20,23). The van der Waals surface area contributed by atoms with Crippen molar-refractivity contribution < 1.29 is 9.53 Å². The Labute approximate surface area is 153 Å². The van der Waals surface area contributed by atoms with Crippen molar-refractivity contribution in [1.29, 1.82) is 0 Å². The molecule has 2 aromatic rings. The summed E-state index contributed by atoms with van der Waals surface area (Å²) in [6.45, 7) is 6.96. The lowest BCUT2D eigenvalue weighted by Gasteiger charge is -2.13. The maximum absolute atomic E-state index is 12.4. The van der Waals surface area contributed by atoms with Gasteiger partial charge in [0.15, 0.2) is 5.13 Å². The lowest BCUT2D eigenvalue weighted by Crippen LogP contribution is -2.27. The molecule has 5 nitrogen and oxygen atoms in total. The van der Waals surface area contributed by atoms with Crippen molar-refractivity contribution in [3.05, 3.63) is 29.1 Å². The number of rotatable bonds is 6. The first-order chi connectivity index (χ1) is 12.1. The third-order valence-electron chi connectivity index (χ3n) is 4.28. The smallest absolute Gasteiger partial charge is 0.251 e. The number of ether oxygens (including phenoxy) is 1. The molecule has 134 valence electrons. The number of nitrogens with zero attached hydrogens (tertiary/aromatic N) is 2. The third-order valence-corrected chi connectivity index (χ3v) is 5.18. The molecule has 0 atom stereocenters. The minimum atomic E-state index is -0.0624. The molecule has 0 aliphatic carbocycles. The van der Waals surface area contributed by atoms with Crippen molar-refractivity contribution in [3.63, 3.8) is 0 Å². The van der Waals surface area contributed by atoms with Crippen LogP contribution < -0.4 is 15.0 Å². The van der Waals surface area contributed by atoms with Crippen LogP contribution in [0.3, 0.4) is 0 Å². The molecule has 6 heteroatoms. The van der Waals surface area contributed by atoms with Gasteiger partial charge >= 0.3 is 0 Å². The first kappa shape index (κ1) is 17.7. The Balaban J connectivity index is 1.86. The van der Waals surface area contributed by atoms with Crippen LogP contribution in [0.15, 0.2) is 23.6 Å². The molecule has 1 aromatic heterocycles. The van der Waals surface area contributed by atoms with E-state index >= 15 is 0 Å². The zero-order chi connectivity index (χ0) is 17.8. The summed E-state index contributed by atoms with van der Waals surface area (Å²) >= 11 is 1.65. The monoisotopic (exact) mass is 359 g/mol. The van der Waals surface area contributed by atoms with E-state index in [-0.39, 0.29) is 5.91 Å². The van der Waals surface area contributed by atoms with Crippen LogP contribution in [-0.2, 0) is 0 Å². The minimum absolute atomic E-state index is 0.0624. The summed E-state index contributed by atoms with van der Waals surface area (Å²) in [6.07, 6.45) is 2.45. The van der Waals surface area contributed by atoms with Crippen LogP contribution in [0.25, 0.3) is 11.3 Å². The average Bonchev–Trinajstić information content (AvgIpc) is 3.30. The number of aromatic nitrogens is 1. The van der Waals surface area contributed by atoms with Gasteiger partial charge in [-0.25, -0.2) is 4.98 Å². The number of carbonyl (C=O) groups excluding carboxylic acids is 1. The van der Waals surface area contributed by atoms with Crippen molar-refractivity contribution >= 4 is 22.4 Å². The van der Waals surface area contributed by atoms with E-state index in [4.69, 9.17) is 9.72 Å². The molecule has 1 amide bonds. The van der Waals surface area contributed by atoms with Crippen molar-refractivity contribution in [2.45, 2.75) is 26.7 Å². The molecule has 0 spiro atoms. The summed E-state index contributed by atoms with van der Waals surface area (Å²) < 4.78 is 5.49. The summed E-state index contributed by atoms with van der Waals surface area (Å²) in [7, 11) is 1.64. The van der Waals surface area contributed by atoms with E-state index in [1.165, 1.54) is 12.8 Å². The molecule has 1 aliphatic heterocycles. The summed E-state index contributed by atoms with van der Waals surface area (Å²) in [4.78, 5) is 19.5. The number of benzene rings is 1. The van der Waals surface area contributed by atoms with Gasteiger partial charge in [-0.05, 0) is 37.0 Å². The largest absolute Gasteiger partial charge is 0.496 e. The van der Waals surface area contributed by atoms with Crippen LogP contribution >= 0.6 is 11.3 Å². The van der Waals surface area contributed by atoms with Crippen LogP contribution in [0.4, 0.5) is 5.13 Å². The maximum atomic E-state index is 12.4. The van der Waals surface area contributed by atoms with Gasteiger partial charge in [-0.2, -0.15) is 0 Å². The molecular formula is C19H25N3O2S. The molecule has 0 saturated carbocycles. The number of methoxy groups -OCH3 is 1. The molecule has 2 heterocycles. The predicted molar refractivity (Wildman–Crippen MR) is 103 cm³/mol. The van der Waals surface area contributed by atoms with Gasteiger partial charge in [-0.3, -0.25) is 4.79 Å². The topological polar surface area (TPSA) is 54.5 Å². The van der Waals surface area contributed by atoms with Crippen LogP contribution in [0.2, 0.25) is 0 Å². The van der Waals surface area contributed by atoms with E-state index in [0.29, 0.717) is 18.0 Å². The van der Waals surface area contributed by atoms with Crippen molar-refractivity contribution in [1.82, 2.24) is 10.3 Å². The Bertz CT molecular complexity index is 736. The second-order valence-corrected chi connectivity index (χ2v) is 7.56. The molecule has 1 saturated heterocycles. The number of thiazole rings is 1. The number of nitrogens with one attached hydrogen (secondary N) is 1. The molecule has 0 unspecified atom stereocenters. The van der Waals surface area contributed by atoms with Gasteiger partial charge in [-0.15, -0.1) is 11.3 Å². The van der Waals surface area contributed by atoms with Gasteiger partial charge in [0.2, 0.25) is 0 Å². The van der Waals surface area contributed by atoms with Gasteiger partial charge in [-0.1, -0.05) is 13.8 Å². The highest BCUT2D eigenvalue weighted by Crippen LogP contribution is 2.35. The van der Waals surface area contributed by atoms with Crippen LogP contribution in [-0.4, -0.2) is 37.6 Å². The quantitative estimate of drug-likeness (QED) is 0.852. The Morgan fingerprint density at radius 2 is 2.12 bits per heavy atom. The van der Waals surface area contributed by atoms with Gasteiger partial charge in [0.25, 0.3) is 5.91 Å². The summed E-state index contributed by atoms with van der Waals surface area (Å²) in [5.74, 6) is 1.09. The van der Waals surface area contributed by atoms with E-state index in [2.05, 4.69) is 24.1 Å². The molecule has 1 aromatic carbocycles. The molecule has 1 N–H and O–H groups in total. The SMILES string of the molecule is COc1ccc(C(=O)NCC(C)C)cc1-c1csc(N2CCCC2)n1. The lowest BCUT2D eigenvalue weighted by molar-refractivity contribution is 0.0949. The first-order valence-corrected chi connectivity index (χ1v) is 9.63. The normalized spacial score (nSPS) is 14.2. The van der Waals surface area contributed by atoms with Crippen LogP contribution in [0, 0.1) is 5.92 Å². The fourth-order valence-electron chi connectivity index (χ4n) is 2.89. The number of amides is 1. The van der Waals surface area contributed by atoms with Gasteiger partial charge in [0, 0.05) is 36.1 Å². The van der Waals surface area contributed by atoms with Crippen LogP contribution in [0.1, 0.15) is 37.0 Å². The first-order valence-electron chi connectivity index (χ1n) is 8.75. The van der Waals surface area contributed by atoms with E-state index < -0.39 is 0 Å². The molecule has 25 heavy (non-hydrogen) atoms. The fourth-order valence-corrected chi connectivity index (χ4v) is 3.77. The maximum Gasteiger partial charge on any atom is 0.251 e. The highest BCUT2D eigenvalue weighted by molar-refractivity contribution is 7.14. The molecule has 1 aliphatic rings.